The second-order valence-corrected chi connectivity index (χ2v) is 6.65. The Balaban J connectivity index is 0.00000338. The van der Waals surface area contributed by atoms with E-state index in [0.717, 1.165) is 34.8 Å². The summed E-state index contributed by atoms with van der Waals surface area (Å²) in [4.78, 5) is 10.9. The monoisotopic (exact) mass is 538 g/mol. The topological polar surface area (TPSA) is 58.3 Å². The Morgan fingerprint density at radius 3 is 2.81 bits per heavy atom. The van der Waals surface area contributed by atoms with E-state index in [-0.39, 0.29) is 29.8 Å². The number of hydrogen-bond donors (Lipinski definition) is 1. The molecule has 2 rings (SSSR count). The van der Waals surface area contributed by atoms with Gasteiger partial charge < -0.3 is 10.2 Å². The largest absolute Gasteiger partial charge is 0.357 e. The lowest BCUT2D eigenvalue weighted by Crippen LogP contribution is -2.39. The van der Waals surface area contributed by atoms with Gasteiger partial charge in [-0.3, -0.25) is 9.67 Å². The van der Waals surface area contributed by atoms with Gasteiger partial charge in [-0.2, -0.15) is 5.10 Å². The van der Waals surface area contributed by atoms with E-state index < -0.39 is 0 Å². The molecule has 0 spiro atoms. The highest BCUT2D eigenvalue weighted by Crippen LogP contribution is 2.16. The smallest absolute Gasteiger partial charge is 0.194 e. The fourth-order valence-electron chi connectivity index (χ4n) is 2.40. The van der Waals surface area contributed by atoms with Crippen LogP contribution in [0.15, 0.2) is 34.0 Å². The van der Waals surface area contributed by atoms with Gasteiger partial charge in [-0.05, 0) is 37.5 Å². The first-order valence-electron chi connectivity index (χ1n) is 8.27. The molecule has 0 aliphatic carbocycles. The Labute approximate surface area is 179 Å². The Bertz CT molecular complexity index is 721. The molecule has 0 radical (unpaired) electrons. The van der Waals surface area contributed by atoms with Gasteiger partial charge in [0.25, 0.3) is 0 Å². The molecule has 0 aliphatic rings. The van der Waals surface area contributed by atoms with E-state index in [2.05, 4.69) is 36.3 Å². The lowest BCUT2D eigenvalue weighted by atomic mass is 10.1. The normalized spacial score (nSPS) is 11.2. The summed E-state index contributed by atoms with van der Waals surface area (Å²) >= 11 is 3.27. The zero-order valence-electron chi connectivity index (χ0n) is 15.2. The van der Waals surface area contributed by atoms with Crippen LogP contribution in [-0.4, -0.2) is 45.8 Å². The fourth-order valence-corrected chi connectivity index (χ4v) is 2.73. The third-order valence-corrected chi connectivity index (χ3v) is 4.25. The van der Waals surface area contributed by atoms with E-state index in [0.29, 0.717) is 19.5 Å². The minimum absolute atomic E-state index is 0. The first kappa shape index (κ1) is 22.8. The molecule has 6 nitrogen and oxygen atoms in total. The summed E-state index contributed by atoms with van der Waals surface area (Å²) in [5.41, 5.74) is 0.718. The zero-order valence-corrected chi connectivity index (χ0v) is 19.2. The molecular weight excluding hydrogens is 514 g/mol. The maximum absolute atomic E-state index is 13.8. The van der Waals surface area contributed by atoms with Crippen LogP contribution in [-0.2, 0) is 20.0 Å². The Morgan fingerprint density at radius 2 is 2.19 bits per heavy atom. The number of aliphatic imine (C=N–C) groups is 1. The van der Waals surface area contributed by atoms with Crippen molar-refractivity contribution in [1.82, 2.24) is 25.0 Å². The summed E-state index contributed by atoms with van der Waals surface area (Å²) in [5, 5.41) is 7.35. The second-order valence-electron chi connectivity index (χ2n) is 5.73. The van der Waals surface area contributed by atoms with Gasteiger partial charge >= 0.3 is 0 Å². The van der Waals surface area contributed by atoms with Gasteiger partial charge in [0.2, 0.25) is 0 Å². The molecule has 2 aromatic rings. The van der Waals surface area contributed by atoms with Gasteiger partial charge in [0.1, 0.15) is 18.0 Å². The summed E-state index contributed by atoms with van der Waals surface area (Å²) in [6.07, 6.45) is 2.99. The van der Waals surface area contributed by atoms with Crippen LogP contribution in [0.2, 0.25) is 0 Å². The highest BCUT2D eigenvalue weighted by molar-refractivity contribution is 14.0. The van der Waals surface area contributed by atoms with Crippen LogP contribution in [0.25, 0.3) is 0 Å². The number of nitrogens with one attached hydrogen (secondary N) is 1. The average Bonchev–Trinajstić information content (AvgIpc) is 2.97. The maximum atomic E-state index is 13.8. The van der Waals surface area contributed by atoms with E-state index in [1.54, 1.807) is 11.0 Å². The number of hydrogen-bond acceptors (Lipinski definition) is 3. The quantitative estimate of drug-likeness (QED) is 0.254. The molecule has 0 atom stereocenters. The standard InChI is InChI=1S/C17H24BrFN6.HI/c1-4-20-17(24(2)11-16-22-12-23-25(16)3)21-9-5-6-13-7-8-14(18)10-15(13)19;/h7-8,10,12H,4-6,9,11H2,1-3H3,(H,20,21);1H. The maximum Gasteiger partial charge on any atom is 0.194 e. The molecule has 0 saturated carbocycles. The Morgan fingerprint density at radius 1 is 1.42 bits per heavy atom. The van der Waals surface area contributed by atoms with Gasteiger partial charge in [-0.1, -0.05) is 22.0 Å². The van der Waals surface area contributed by atoms with E-state index >= 15 is 0 Å². The predicted octanol–water partition coefficient (Wildman–Crippen LogP) is 3.36. The van der Waals surface area contributed by atoms with Gasteiger partial charge in [0.15, 0.2) is 5.96 Å². The SMILES string of the molecule is CCNC(=NCCCc1ccc(Br)cc1F)N(C)Cc1ncnn1C.I. The van der Waals surface area contributed by atoms with Gasteiger partial charge in [-0.25, -0.2) is 9.37 Å². The van der Waals surface area contributed by atoms with Crippen molar-refractivity contribution in [2.75, 3.05) is 20.1 Å². The van der Waals surface area contributed by atoms with Crippen LogP contribution < -0.4 is 5.32 Å². The molecule has 1 aromatic carbocycles. The number of aryl methyl sites for hydroxylation is 2. The van der Waals surface area contributed by atoms with Gasteiger partial charge in [-0.15, -0.1) is 24.0 Å². The number of aromatic nitrogens is 3. The molecule has 0 fully saturated rings. The highest BCUT2D eigenvalue weighted by Gasteiger charge is 2.10. The number of benzene rings is 1. The lowest BCUT2D eigenvalue weighted by Gasteiger charge is -2.21. The lowest BCUT2D eigenvalue weighted by molar-refractivity contribution is 0.448. The fraction of sp³-hybridized carbons (Fsp3) is 0.471. The van der Waals surface area contributed by atoms with E-state index in [1.807, 2.05) is 38.1 Å². The molecule has 0 amide bonds. The molecule has 0 saturated heterocycles. The number of rotatable bonds is 7. The van der Waals surface area contributed by atoms with Crippen molar-refractivity contribution < 1.29 is 4.39 Å². The summed E-state index contributed by atoms with van der Waals surface area (Å²) < 4.78 is 16.3. The van der Waals surface area contributed by atoms with Crippen molar-refractivity contribution in [3.63, 3.8) is 0 Å². The minimum Gasteiger partial charge on any atom is -0.357 e. The molecule has 0 bridgehead atoms. The van der Waals surface area contributed by atoms with Crippen molar-refractivity contribution in [2.45, 2.75) is 26.3 Å². The predicted molar refractivity (Wildman–Crippen MR) is 116 cm³/mol. The molecule has 0 aliphatic heterocycles. The molecule has 0 unspecified atom stereocenters. The zero-order chi connectivity index (χ0) is 18.2. The first-order valence-corrected chi connectivity index (χ1v) is 9.06. The van der Waals surface area contributed by atoms with Crippen LogP contribution in [0.1, 0.15) is 24.7 Å². The van der Waals surface area contributed by atoms with Crippen molar-refractivity contribution in [3.05, 3.63) is 46.2 Å². The summed E-state index contributed by atoms with van der Waals surface area (Å²) in [5.74, 6) is 1.50. The average molecular weight is 539 g/mol. The highest BCUT2D eigenvalue weighted by atomic mass is 127. The molecule has 1 aromatic heterocycles. The minimum atomic E-state index is -0.176. The van der Waals surface area contributed by atoms with Crippen LogP contribution in [0, 0.1) is 5.82 Å². The summed E-state index contributed by atoms with van der Waals surface area (Å²) in [7, 11) is 3.83. The van der Waals surface area contributed by atoms with E-state index in [1.165, 1.54) is 6.07 Å². The first-order chi connectivity index (χ1) is 12.0. The number of guanidine groups is 1. The third-order valence-electron chi connectivity index (χ3n) is 3.76. The molecule has 9 heteroatoms. The molecule has 26 heavy (non-hydrogen) atoms. The Hall–Kier alpha value is -1.23. The van der Waals surface area contributed by atoms with Gasteiger partial charge in [0.05, 0.1) is 6.54 Å². The number of halogens is 3. The van der Waals surface area contributed by atoms with Crippen LogP contribution in [0.5, 0.6) is 0 Å². The molecule has 144 valence electrons. The second kappa shape index (κ2) is 11.5. The van der Waals surface area contributed by atoms with Crippen LogP contribution in [0.3, 0.4) is 0 Å². The molecular formula is C17H25BrFIN6. The molecule has 1 heterocycles. The number of nitrogens with zero attached hydrogens (tertiary/aromatic N) is 5. The van der Waals surface area contributed by atoms with E-state index in [4.69, 9.17) is 0 Å². The van der Waals surface area contributed by atoms with Crippen LogP contribution >= 0.6 is 39.9 Å². The van der Waals surface area contributed by atoms with Crippen molar-refractivity contribution >= 4 is 45.9 Å². The third kappa shape index (κ3) is 6.82. The summed E-state index contributed by atoms with van der Waals surface area (Å²) in [6.45, 7) is 4.05. The van der Waals surface area contributed by atoms with Gasteiger partial charge in [0, 0.05) is 31.7 Å². The molecule has 1 N–H and O–H groups in total. The summed E-state index contributed by atoms with van der Waals surface area (Å²) in [6, 6.07) is 5.17. The van der Waals surface area contributed by atoms with Crippen LogP contribution in [0.4, 0.5) is 4.39 Å². The van der Waals surface area contributed by atoms with Crippen molar-refractivity contribution in [3.8, 4) is 0 Å². The van der Waals surface area contributed by atoms with Crippen molar-refractivity contribution in [2.24, 2.45) is 12.0 Å². The van der Waals surface area contributed by atoms with Crippen molar-refractivity contribution in [1.29, 1.82) is 0 Å². The van der Waals surface area contributed by atoms with E-state index in [9.17, 15) is 4.39 Å². The Kier molecular flexibility index (Phi) is 10.1.